The van der Waals surface area contributed by atoms with E-state index in [0.29, 0.717) is 6.61 Å². The summed E-state index contributed by atoms with van der Waals surface area (Å²) in [5.74, 6) is 0.901. The second-order valence-electron chi connectivity index (χ2n) is 4.18. The molecule has 0 aliphatic heterocycles. The Morgan fingerprint density at radius 1 is 1.24 bits per heavy atom. The molecular weight excluding hydrogens is 214 g/mol. The van der Waals surface area contributed by atoms with Crippen LogP contribution in [0.5, 0.6) is 5.75 Å². The molecule has 0 heterocycles. The molecule has 0 bridgehead atoms. The van der Waals surface area contributed by atoms with Crippen molar-refractivity contribution in [1.29, 1.82) is 0 Å². The highest BCUT2D eigenvalue weighted by atomic mass is 16.5. The molecule has 3 heteroatoms. The molecule has 17 heavy (non-hydrogen) atoms. The van der Waals surface area contributed by atoms with Crippen molar-refractivity contribution in [3.8, 4) is 5.75 Å². The van der Waals surface area contributed by atoms with Crippen LogP contribution in [0.3, 0.4) is 0 Å². The molecule has 0 saturated heterocycles. The van der Waals surface area contributed by atoms with Gasteiger partial charge in [0.1, 0.15) is 5.75 Å². The third-order valence-electron chi connectivity index (χ3n) is 2.89. The molecule has 0 aliphatic carbocycles. The van der Waals surface area contributed by atoms with Crippen molar-refractivity contribution in [3.63, 3.8) is 0 Å². The third-order valence-corrected chi connectivity index (χ3v) is 2.89. The first-order valence-corrected chi connectivity index (χ1v) is 6.30. The van der Waals surface area contributed by atoms with Gasteiger partial charge in [-0.1, -0.05) is 19.1 Å². The SMILES string of the molecule is CCOc1ccc(C(C)N[C@@H](CC)CO)cc1. The second-order valence-corrected chi connectivity index (χ2v) is 4.18. The lowest BCUT2D eigenvalue weighted by molar-refractivity contribution is 0.230. The van der Waals surface area contributed by atoms with Crippen molar-refractivity contribution < 1.29 is 9.84 Å². The minimum Gasteiger partial charge on any atom is -0.494 e. The van der Waals surface area contributed by atoms with E-state index in [0.717, 1.165) is 12.2 Å². The highest BCUT2D eigenvalue weighted by molar-refractivity contribution is 5.28. The van der Waals surface area contributed by atoms with E-state index in [9.17, 15) is 0 Å². The van der Waals surface area contributed by atoms with Gasteiger partial charge in [-0.15, -0.1) is 0 Å². The highest BCUT2D eigenvalue weighted by Crippen LogP contribution is 2.18. The number of hydrogen-bond acceptors (Lipinski definition) is 3. The molecule has 2 atom stereocenters. The Bertz CT molecular complexity index is 307. The van der Waals surface area contributed by atoms with Crippen LogP contribution < -0.4 is 10.1 Å². The maximum atomic E-state index is 9.15. The molecule has 96 valence electrons. The first-order chi connectivity index (χ1) is 8.21. The molecule has 1 unspecified atom stereocenters. The second kappa shape index (κ2) is 7.30. The van der Waals surface area contributed by atoms with E-state index in [-0.39, 0.29) is 18.7 Å². The number of hydrogen-bond donors (Lipinski definition) is 2. The van der Waals surface area contributed by atoms with Gasteiger partial charge >= 0.3 is 0 Å². The molecular formula is C14H23NO2. The lowest BCUT2D eigenvalue weighted by atomic mass is 10.1. The van der Waals surface area contributed by atoms with Crippen LogP contribution in [0.2, 0.25) is 0 Å². The van der Waals surface area contributed by atoms with Crippen LogP contribution in [0.15, 0.2) is 24.3 Å². The zero-order valence-corrected chi connectivity index (χ0v) is 10.9. The van der Waals surface area contributed by atoms with Gasteiger partial charge in [0.2, 0.25) is 0 Å². The fourth-order valence-electron chi connectivity index (χ4n) is 1.77. The molecule has 0 amide bonds. The standard InChI is InChI=1S/C14H23NO2/c1-4-13(10-16)15-11(3)12-6-8-14(9-7-12)17-5-2/h6-9,11,13,15-16H,4-5,10H2,1-3H3/t11?,13-/m0/s1. The van der Waals surface area contributed by atoms with Crippen LogP contribution in [0.1, 0.15) is 38.8 Å². The maximum Gasteiger partial charge on any atom is 0.119 e. The Labute approximate surface area is 104 Å². The van der Waals surface area contributed by atoms with Crippen LogP contribution in [-0.2, 0) is 0 Å². The zero-order valence-electron chi connectivity index (χ0n) is 10.9. The Hall–Kier alpha value is -1.06. The minimum absolute atomic E-state index is 0.163. The topological polar surface area (TPSA) is 41.5 Å². The fraction of sp³-hybridized carbons (Fsp3) is 0.571. The number of aliphatic hydroxyl groups is 1. The lowest BCUT2D eigenvalue weighted by Crippen LogP contribution is -2.33. The normalized spacial score (nSPS) is 14.4. The van der Waals surface area contributed by atoms with Crippen molar-refractivity contribution in [2.45, 2.75) is 39.3 Å². The number of ether oxygens (including phenoxy) is 1. The summed E-state index contributed by atoms with van der Waals surface area (Å²) in [6, 6.07) is 8.49. The number of aliphatic hydroxyl groups excluding tert-OH is 1. The Morgan fingerprint density at radius 2 is 1.88 bits per heavy atom. The summed E-state index contributed by atoms with van der Waals surface area (Å²) in [7, 11) is 0. The van der Waals surface area contributed by atoms with Gasteiger partial charge in [0.05, 0.1) is 13.2 Å². The average molecular weight is 237 g/mol. The quantitative estimate of drug-likeness (QED) is 0.765. The van der Waals surface area contributed by atoms with Crippen molar-refractivity contribution in [2.75, 3.05) is 13.2 Å². The molecule has 0 fully saturated rings. The van der Waals surface area contributed by atoms with Crippen molar-refractivity contribution in [2.24, 2.45) is 0 Å². The minimum atomic E-state index is 0.163. The van der Waals surface area contributed by atoms with E-state index in [4.69, 9.17) is 9.84 Å². The van der Waals surface area contributed by atoms with Gasteiger partial charge in [0.15, 0.2) is 0 Å². The van der Waals surface area contributed by atoms with Crippen LogP contribution in [-0.4, -0.2) is 24.4 Å². The maximum absolute atomic E-state index is 9.15. The fourth-order valence-corrected chi connectivity index (χ4v) is 1.77. The summed E-state index contributed by atoms with van der Waals surface area (Å²) in [6.07, 6.45) is 0.928. The van der Waals surface area contributed by atoms with Crippen LogP contribution in [0.25, 0.3) is 0 Å². The van der Waals surface area contributed by atoms with E-state index >= 15 is 0 Å². The van der Waals surface area contributed by atoms with Gasteiger partial charge in [-0.05, 0) is 38.0 Å². The van der Waals surface area contributed by atoms with Gasteiger partial charge in [0, 0.05) is 12.1 Å². The van der Waals surface area contributed by atoms with Gasteiger partial charge in [-0.25, -0.2) is 0 Å². The largest absolute Gasteiger partial charge is 0.494 e. The Balaban J connectivity index is 2.59. The summed E-state index contributed by atoms with van der Waals surface area (Å²) in [5.41, 5.74) is 1.21. The molecule has 0 radical (unpaired) electrons. The van der Waals surface area contributed by atoms with Gasteiger partial charge in [0.25, 0.3) is 0 Å². The summed E-state index contributed by atoms with van der Waals surface area (Å²) in [6.45, 7) is 7.02. The molecule has 1 aromatic carbocycles. The predicted octanol–water partition coefficient (Wildman–Crippen LogP) is 2.51. The van der Waals surface area contributed by atoms with Gasteiger partial charge in [-0.3, -0.25) is 0 Å². The Kier molecular flexibility index (Phi) is 6.01. The van der Waals surface area contributed by atoms with Crippen LogP contribution in [0.4, 0.5) is 0 Å². The molecule has 0 aromatic heterocycles. The number of benzene rings is 1. The summed E-state index contributed by atoms with van der Waals surface area (Å²) < 4.78 is 5.40. The molecule has 0 aliphatic rings. The zero-order chi connectivity index (χ0) is 12.7. The molecule has 0 spiro atoms. The first kappa shape index (κ1) is 14.0. The predicted molar refractivity (Wildman–Crippen MR) is 70.3 cm³/mol. The molecule has 3 nitrogen and oxygen atoms in total. The van der Waals surface area contributed by atoms with Crippen LogP contribution >= 0.6 is 0 Å². The summed E-state index contributed by atoms with van der Waals surface area (Å²) in [4.78, 5) is 0. The number of nitrogens with one attached hydrogen (secondary N) is 1. The summed E-state index contributed by atoms with van der Waals surface area (Å²) in [5, 5.41) is 12.5. The van der Waals surface area contributed by atoms with Gasteiger partial charge < -0.3 is 15.2 Å². The number of rotatable bonds is 7. The van der Waals surface area contributed by atoms with Crippen molar-refractivity contribution >= 4 is 0 Å². The van der Waals surface area contributed by atoms with E-state index in [2.05, 4.69) is 31.3 Å². The third kappa shape index (κ3) is 4.36. The Morgan fingerprint density at radius 3 is 2.35 bits per heavy atom. The van der Waals surface area contributed by atoms with Gasteiger partial charge in [-0.2, -0.15) is 0 Å². The molecule has 2 N–H and O–H groups in total. The van der Waals surface area contributed by atoms with Crippen molar-refractivity contribution in [1.82, 2.24) is 5.32 Å². The van der Waals surface area contributed by atoms with E-state index in [1.165, 1.54) is 5.56 Å². The smallest absolute Gasteiger partial charge is 0.119 e. The molecule has 0 saturated carbocycles. The average Bonchev–Trinajstić information content (AvgIpc) is 2.37. The van der Waals surface area contributed by atoms with E-state index in [1.807, 2.05) is 19.1 Å². The summed E-state index contributed by atoms with van der Waals surface area (Å²) >= 11 is 0. The molecule has 1 rings (SSSR count). The van der Waals surface area contributed by atoms with Crippen LogP contribution in [0, 0.1) is 0 Å². The molecule has 1 aromatic rings. The van der Waals surface area contributed by atoms with Crippen molar-refractivity contribution in [3.05, 3.63) is 29.8 Å². The highest BCUT2D eigenvalue weighted by Gasteiger charge is 2.10. The van der Waals surface area contributed by atoms with E-state index < -0.39 is 0 Å². The lowest BCUT2D eigenvalue weighted by Gasteiger charge is -2.21. The van der Waals surface area contributed by atoms with E-state index in [1.54, 1.807) is 0 Å². The first-order valence-electron chi connectivity index (χ1n) is 6.30. The monoisotopic (exact) mass is 237 g/mol.